The highest BCUT2D eigenvalue weighted by Crippen LogP contribution is 2.46. The third-order valence-corrected chi connectivity index (χ3v) is 7.60. The van der Waals surface area contributed by atoms with Crippen LogP contribution in [-0.4, -0.2) is 70.0 Å². The van der Waals surface area contributed by atoms with E-state index in [1.54, 1.807) is 0 Å². The first-order chi connectivity index (χ1) is 12.7. The van der Waals surface area contributed by atoms with E-state index in [-0.39, 0.29) is 16.8 Å². The van der Waals surface area contributed by atoms with E-state index in [0.717, 1.165) is 63.4 Å². The molecule has 3 fully saturated rings. The molecule has 1 atom stereocenters. The lowest BCUT2D eigenvalue weighted by atomic mass is 9.88. The van der Waals surface area contributed by atoms with Gasteiger partial charge in [0.25, 0.3) is 0 Å². The summed E-state index contributed by atoms with van der Waals surface area (Å²) in [5.74, 6) is 1.67. The fraction of sp³-hybridized carbons (Fsp3) is 0.700. The molecule has 4 rings (SSSR count). The summed E-state index contributed by atoms with van der Waals surface area (Å²) < 4.78 is 6.31. The molecule has 1 unspecified atom stereocenters. The molecule has 0 N–H and O–H groups in total. The first-order valence-corrected chi connectivity index (χ1v) is 10.8. The molecular weight excluding hydrogens is 346 g/mol. The Balaban J connectivity index is 1.21. The van der Waals surface area contributed by atoms with Crippen LogP contribution in [0.15, 0.2) is 24.4 Å². The lowest BCUT2D eigenvalue weighted by Crippen LogP contribution is -2.62. The van der Waals surface area contributed by atoms with Gasteiger partial charge in [0.05, 0.1) is 23.2 Å². The van der Waals surface area contributed by atoms with E-state index in [9.17, 15) is 4.79 Å². The van der Waals surface area contributed by atoms with Gasteiger partial charge in [-0.25, -0.2) is 0 Å². The van der Waals surface area contributed by atoms with Crippen LogP contribution in [-0.2, 0) is 16.1 Å². The molecule has 3 aliphatic rings. The topological polar surface area (TPSA) is 45.7 Å². The van der Waals surface area contributed by atoms with Crippen molar-refractivity contribution < 1.29 is 9.53 Å². The number of thioether (sulfide) groups is 1. The van der Waals surface area contributed by atoms with Crippen molar-refractivity contribution >= 4 is 17.7 Å². The highest BCUT2D eigenvalue weighted by Gasteiger charge is 2.51. The van der Waals surface area contributed by atoms with Crippen molar-refractivity contribution in [1.82, 2.24) is 14.8 Å². The van der Waals surface area contributed by atoms with E-state index in [1.807, 2.05) is 36.2 Å². The van der Waals surface area contributed by atoms with Crippen LogP contribution < -0.4 is 0 Å². The monoisotopic (exact) mass is 375 g/mol. The number of nitrogens with zero attached hydrogens (tertiary/aromatic N) is 3. The summed E-state index contributed by atoms with van der Waals surface area (Å²) in [6.45, 7) is 7.85. The van der Waals surface area contributed by atoms with Crippen molar-refractivity contribution in [2.75, 3.05) is 38.5 Å². The molecule has 3 saturated heterocycles. The number of ether oxygens (including phenoxy) is 1. The van der Waals surface area contributed by atoms with Crippen LogP contribution in [0, 0.1) is 5.92 Å². The van der Waals surface area contributed by atoms with E-state index >= 15 is 0 Å². The van der Waals surface area contributed by atoms with Crippen molar-refractivity contribution in [3.05, 3.63) is 30.1 Å². The summed E-state index contributed by atoms with van der Waals surface area (Å²) in [6.07, 6.45) is 5.21. The maximum atomic E-state index is 12.8. The highest BCUT2D eigenvalue weighted by atomic mass is 32.2. The molecule has 1 aromatic heterocycles. The van der Waals surface area contributed by atoms with E-state index in [1.165, 1.54) is 0 Å². The van der Waals surface area contributed by atoms with Crippen LogP contribution >= 0.6 is 11.8 Å². The molecule has 0 aliphatic carbocycles. The predicted octanol–water partition coefficient (Wildman–Crippen LogP) is 2.42. The van der Waals surface area contributed by atoms with Gasteiger partial charge in [-0.05, 0) is 51.0 Å². The van der Waals surface area contributed by atoms with E-state index in [4.69, 9.17) is 4.74 Å². The zero-order valence-electron chi connectivity index (χ0n) is 15.6. The Labute approximate surface area is 160 Å². The van der Waals surface area contributed by atoms with Crippen LogP contribution in [0.2, 0.25) is 0 Å². The molecule has 6 heteroatoms. The standard InChI is InChI=1S/C20H29N3O2S/c1-2-22-9-6-16(7-10-22)19(24)23-14-20(15-23)11-18(13-26-20)25-12-17-5-3-4-8-21-17/h3-5,8,16,18H,2,6-7,9-15H2,1H3. The van der Waals surface area contributed by atoms with Crippen molar-refractivity contribution in [3.8, 4) is 0 Å². The molecule has 0 saturated carbocycles. The molecule has 1 spiro atoms. The number of pyridine rings is 1. The van der Waals surface area contributed by atoms with Gasteiger partial charge in [-0.15, -0.1) is 11.8 Å². The zero-order chi connectivity index (χ0) is 18.0. The van der Waals surface area contributed by atoms with Gasteiger partial charge in [0.15, 0.2) is 0 Å². The van der Waals surface area contributed by atoms with Crippen molar-refractivity contribution in [3.63, 3.8) is 0 Å². The SMILES string of the molecule is CCN1CCC(C(=O)N2CC3(CC(OCc4ccccn4)CS3)C2)CC1. The Morgan fingerprint density at radius 1 is 1.35 bits per heavy atom. The molecule has 1 aromatic rings. The van der Waals surface area contributed by atoms with Crippen molar-refractivity contribution in [1.29, 1.82) is 0 Å². The number of rotatable bonds is 5. The Morgan fingerprint density at radius 3 is 2.85 bits per heavy atom. The largest absolute Gasteiger partial charge is 0.371 e. The summed E-state index contributed by atoms with van der Waals surface area (Å²) in [4.78, 5) is 21.6. The molecule has 1 amide bonds. The number of amides is 1. The van der Waals surface area contributed by atoms with Crippen LogP contribution in [0.1, 0.15) is 31.9 Å². The van der Waals surface area contributed by atoms with E-state index in [2.05, 4.69) is 21.7 Å². The summed E-state index contributed by atoms with van der Waals surface area (Å²) in [5.41, 5.74) is 0.988. The first-order valence-electron chi connectivity index (χ1n) is 9.84. The lowest BCUT2D eigenvalue weighted by molar-refractivity contribution is -0.142. The van der Waals surface area contributed by atoms with Crippen LogP contribution in [0.3, 0.4) is 0 Å². The van der Waals surface area contributed by atoms with Gasteiger partial charge < -0.3 is 14.5 Å². The summed E-state index contributed by atoms with van der Waals surface area (Å²) in [5, 5.41) is 0. The molecule has 26 heavy (non-hydrogen) atoms. The molecule has 5 nitrogen and oxygen atoms in total. The molecule has 3 aliphatic heterocycles. The number of hydrogen-bond acceptors (Lipinski definition) is 5. The molecule has 0 bridgehead atoms. The van der Waals surface area contributed by atoms with Crippen molar-refractivity contribution in [2.45, 2.75) is 43.6 Å². The molecule has 4 heterocycles. The van der Waals surface area contributed by atoms with Gasteiger partial charge in [-0.3, -0.25) is 9.78 Å². The Bertz CT molecular complexity index is 613. The van der Waals surface area contributed by atoms with Crippen LogP contribution in [0.25, 0.3) is 0 Å². The normalized spacial score (nSPS) is 26.2. The zero-order valence-corrected chi connectivity index (χ0v) is 16.4. The number of aromatic nitrogens is 1. The number of carbonyl (C=O) groups is 1. The first kappa shape index (κ1) is 18.3. The Morgan fingerprint density at radius 2 is 2.15 bits per heavy atom. The second-order valence-corrected chi connectivity index (χ2v) is 9.34. The van der Waals surface area contributed by atoms with Crippen molar-refractivity contribution in [2.24, 2.45) is 5.92 Å². The lowest BCUT2D eigenvalue weighted by Gasteiger charge is -2.49. The second kappa shape index (κ2) is 7.87. The fourth-order valence-corrected chi connectivity index (χ4v) is 5.93. The summed E-state index contributed by atoms with van der Waals surface area (Å²) >= 11 is 2.00. The fourth-order valence-electron chi connectivity index (χ4n) is 4.38. The molecule has 0 radical (unpaired) electrons. The van der Waals surface area contributed by atoms with E-state index < -0.39 is 0 Å². The predicted molar refractivity (Wildman–Crippen MR) is 104 cm³/mol. The van der Waals surface area contributed by atoms with Gasteiger partial charge in [0.1, 0.15) is 0 Å². The summed E-state index contributed by atoms with van der Waals surface area (Å²) in [6, 6.07) is 5.93. The summed E-state index contributed by atoms with van der Waals surface area (Å²) in [7, 11) is 0. The highest BCUT2D eigenvalue weighted by molar-refractivity contribution is 8.01. The number of hydrogen-bond donors (Lipinski definition) is 0. The van der Waals surface area contributed by atoms with Crippen LogP contribution in [0.5, 0.6) is 0 Å². The minimum atomic E-state index is 0.245. The van der Waals surface area contributed by atoms with Crippen LogP contribution in [0.4, 0.5) is 0 Å². The molecule has 142 valence electrons. The van der Waals surface area contributed by atoms with Gasteiger partial charge in [0.2, 0.25) is 5.91 Å². The number of carbonyl (C=O) groups excluding carboxylic acids is 1. The minimum Gasteiger partial charge on any atom is -0.371 e. The average molecular weight is 376 g/mol. The Kier molecular flexibility index (Phi) is 5.53. The van der Waals surface area contributed by atoms with E-state index in [0.29, 0.717) is 12.5 Å². The average Bonchev–Trinajstić information content (AvgIpc) is 3.10. The van der Waals surface area contributed by atoms with Gasteiger partial charge in [0, 0.05) is 31.0 Å². The van der Waals surface area contributed by atoms with Gasteiger partial charge >= 0.3 is 0 Å². The van der Waals surface area contributed by atoms with Gasteiger partial charge in [-0.2, -0.15) is 0 Å². The molecule has 0 aromatic carbocycles. The number of likely N-dealkylation sites (tertiary alicyclic amines) is 2. The Hall–Kier alpha value is -1.11. The maximum Gasteiger partial charge on any atom is 0.225 e. The third-order valence-electron chi connectivity index (χ3n) is 6.02. The maximum absolute atomic E-state index is 12.8. The van der Waals surface area contributed by atoms with Gasteiger partial charge in [-0.1, -0.05) is 13.0 Å². The quantitative estimate of drug-likeness (QED) is 0.791. The minimum absolute atomic E-state index is 0.245. The smallest absolute Gasteiger partial charge is 0.225 e. The molecular formula is C20H29N3O2S. The third kappa shape index (κ3) is 3.92. The number of piperidine rings is 1. The second-order valence-electron chi connectivity index (χ2n) is 7.86.